The number of carbonyl (C=O) groups is 3. The van der Waals surface area contributed by atoms with E-state index in [1.807, 2.05) is 4.90 Å². The topological polar surface area (TPSA) is 111 Å². The zero-order valence-electron chi connectivity index (χ0n) is 19.5. The molecule has 0 aliphatic carbocycles. The summed E-state index contributed by atoms with van der Waals surface area (Å²) in [5.41, 5.74) is 0.274. The Kier molecular flexibility index (Phi) is 8.08. The number of ether oxygens (including phenoxy) is 2. The number of hydrogen-bond acceptors (Lipinski definition) is 7. The zero-order valence-corrected chi connectivity index (χ0v) is 19.5. The molecule has 9 nitrogen and oxygen atoms in total. The van der Waals surface area contributed by atoms with E-state index in [-0.39, 0.29) is 36.0 Å². The molecule has 0 unspecified atom stereocenters. The van der Waals surface area contributed by atoms with Crippen LogP contribution in [0.4, 0.5) is 5.82 Å². The molecule has 1 aliphatic rings. The summed E-state index contributed by atoms with van der Waals surface area (Å²) < 4.78 is 15.9. The number of esters is 1. The molecule has 1 N–H and O–H groups in total. The van der Waals surface area contributed by atoms with Crippen molar-refractivity contribution < 1.29 is 28.4 Å². The first-order valence-electron chi connectivity index (χ1n) is 11.3. The molecule has 2 heterocycles. The van der Waals surface area contributed by atoms with Gasteiger partial charge in [-0.3, -0.25) is 9.59 Å². The Hall–Kier alpha value is -3.36. The molecule has 9 heteroatoms. The van der Waals surface area contributed by atoms with Crippen LogP contribution in [0.1, 0.15) is 62.6 Å². The Morgan fingerprint density at radius 2 is 1.85 bits per heavy atom. The molecule has 1 saturated heterocycles. The van der Waals surface area contributed by atoms with E-state index in [9.17, 15) is 14.4 Å². The number of anilines is 1. The lowest BCUT2D eigenvalue weighted by Crippen LogP contribution is -2.49. The lowest BCUT2D eigenvalue weighted by molar-refractivity contribution is -0.139. The van der Waals surface area contributed by atoms with Crippen LogP contribution in [0.2, 0.25) is 0 Å². The van der Waals surface area contributed by atoms with Gasteiger partial charge in [-0.25, -0.2) is 4.79 Å². The average Bonchev–Trinajstić information content (AvgIpc) is 3.20. The molecule has 3 atom stereocenters. The fraction of sp³-hybridized carbons (Fsp3) is 0.500. The summed E-state index contributed by atoms with van der Waals surface area (Å²) in [6, 6.07) is 8.28. The van der Waals surface area contributed by atoms with Gasteiger partial charge >= 0.3 is 5.97 Å². The molecule has 0 bridgehead atoms. The van der Waals surface area contributed by atoms with Gasteiger partial charge in [0.05, 0.1) is 5.56 Å². The second kappa shape index (κ2) is 11.0. The number of aryl methyl sites for hydroxylation is 1. The van der Waals surface area contributed by atoms with Crippen molar-refractivity contribution in [3.05, 3.63) is 41.7 Å². The lowest BCUT2D eigenvalue weighted by Gasteiger charge is -2.38. The number of likely N-dealkylation sites (tertiary alicyclic amines) is 1. The van der Waals surface area contributed by atoms with Gasteiger partial charge in [0, 0.05) is 18.2 Å². The van der Waals surface area contributed by atoms with E-state index in [1.54, 1.807) is 44.2 Å². The molecular weight excluding hydrogens is 426 g/mol. The minimum atomic E-state index is -0.975. The number of benzene rings is 1. The highest BCUT2D eigenvalue weighted by molar-refractivity contribution is 5.97. The number of carbonyl (C=O) groups excluding carboxylic acids is 3. The maximum Gasteiger partial charge on any atom is 0.338 e. The summed E-state index contributed by atoms with van der Waals surface area (Å²) >= 11 is 0. The highest BCUT2D eigenvalue weighted by Crippen LogP contribution is 2.23. The number of hydrogen-bond donors (Lipinski definition) is 1. The molecule has 3 rings (SSSR count). The highest BCUT2D eigenvalue weighted by Gasteiger charge is 2.29. The van der Waals surface area contributed by atoms with Crippen molar-refractivity contribution in [2.45, 2.75) is 71.6 Å². The van der Waals surface area contributed by atoms with E-state index in [4.69, 9.17) is 14.0 Å². The Labute approximate surface area is 193 Å². The molecule has 1 aromatic heterocycles. The van der Waals surface area contributed by atoms with E-state index < -0.39 is 18.0 Å². The predicted octanol–water partition coefficient (Wildman–Crippen LogP) is 3.73. The number of piperidine rings is 1. The molecule has 2 amide bonds. The molecule has 0 spiro atoms. The Morgan fingerprint density at radius 1 is 1.18 bits per heavy atom. The molecule has 1 aliphatic heterocycles. The zero-order chi connectivity index (χ0) is 24.0. The summed E-state index contributed by atoms with van der Waals surface area (Å²) in [6.07, 6.45) is 2.45. The Bertz CT molecular complexity index is 961. The first kappa shape index (κ1) is 24.3. The van der Waals surface area contributed by atoms with Crippen LogP contribution >= 0.6 is 0 Å². The first-order chi connectivity index (χ1) is 15.8. The van der Waals surface area contributed by atoms with Gasteiger partial charge in [-0.2, -0.15) is 0 Å². The fourth-order valence-corrected chi connectivity index (χ4v) is 3.97. The minimum Gasteiger partial charge on any atom is -0.484 e. The molecule has 0 saturated carbocycles. The van der Waals surface area contributed by atoms with Crippen molar-refractivity contribution in [1.29, 1.82) is 0 Å². The number of rotatable bonds is 8. The standard InChI is InChI=1S/C24H31N3O6/c1-5-20(23(29)25-21-13-17(4)33-26-21)32-24(30)18-9-11-19(12-10-18)31-14-22(28)27-15(2)7-6-8-16(27)3/h9-13,15-16,20H,5-8,14H2,1-4H3,(H,25,26,29)/t15-,16-,20+/m1/s1. The molecule has 178 valence electrons. The van der Waals surface area contributed by atoms with Gasteiger partial charge in [-0.05, 0) is 70.7 Å². The molecule has 2 aromatic rings. The largest absolute Gasteiger partial charge is 0.484 e. The minimum absolute atomic E-state index is 0.0442. The van der Waals surface area contributed by atoms with Crippen molar-refractivity contribution >= 4 is 23.6 Å². The fourth-order valence-electron chi connectivity index (χ4n) is 3.97. The molecule has 0 radical (unpaired) electrons. The summed E-state index contributed by atoms with van der Waals surface area (Å²) in [5, 5.41) is 6.26. The number of aromatic nitrogens is 1. The van der Waals surface area contributed by atoms with Crippen LogP contribution in [0, 0.1) is 6.92 Å². The van der Waals surface area contributed by atoms with Crippen molar-refractivity contribution in [3.63, 3.8) is 0 Å². The SMILES string of the molecule is CC[C@H](OC(=O)c1ccc(OCC(=O)N2[C@H](C)CCC[C@H]2C)cc1)C(=O)Nc1cc(C)on1. The smallest absolute Gasteiger partial charge is 0.338 e. The van der Waals surface area contributed by atoms with Crippen molar-refractivity contribution in [2.24, 2.45) is 0 Å². The van der Waals surface area contributed by atoms with Crippen LogP contribution in [0.5, 0.6) is 5.75 Å². The van der Waals surface area contributed by atoms with Crippen molar-refractivity contribution in [2.75, 3.05) is 11.9 Å². The van der Waals surface area contributed by atoms with Crippen LogP contribution in [0.3, 0.4) is 0 Å². The maximum absolute atomic E-state index is 12.6. The van der Waals surface area contributed by atoms with Crippen LogP contribution in [0.25, 0.3) is 0 Å². The first-order valence-corrected chi connectivity index (χ1v) is 11.3. The number of nitrogens with one attached hydrogen (secondary N) is 1. The Morgan fingerprint density at radius 3 is 2.42 bits per heavy atom. The summed E-state index contributed by atoms with van der Waals surface area (Å²) in [5.74, 6) is 0.127. The monoisotopic (exact) mass is 457 g/mol. The second-order valence-electron chi connectivity index (χ2n) is 8.36. The van der Waals surface area contributed by atoms with Crippen LogP contribution in [0.15, 0.2) is 34.9 Å². The number of amides is 2. The normalized spacial score (nSPS) is 19.0. The van der Waals surface area contributed by atoms with E-state index in [0.717, 1.165) is 19.3 Å². The van der Waals surface area contributed by atoms with E-state index in [1.165, 1.54) is 0 Å². The maximum atomic E-state index is 12.6. The van der Waals surface area contributed by atoms with Crippen molar-refractivity contribution in [3.8, 4) is 5.75 Å². The second-order valence-corrected chi connectivity index (χ2v) is 8.36. The van der Waals surface area contributed by atoms with E-state index in [0.29, 0.717) is 17.9 Å². The van der Waals surface area contributed by atoms with Gasteiger partial charge in [0.2, 0.25) is 0 Å². The summed E-state index contributed by atoms with van der Waals surface area (Å²) in [4.78, 5) is 39.4. The van der Waals surface area contributed by atoms with Gasteiger partial charge in [0.25, 0.3) is 11.8 Å². The van der Waals surface area contributed by atoms with Crippen LogP contribution in [-0.4, -0.2) is 52.6 Å². The van der Waals surface area contributed by atoms with Crippen LogP contribution in [-0.2, 0) is 14.3 Å². The van der Waals surface area contributed by atoms with Crippen LogP contribution < -0.4 is 10.1 Å². The van der Waals surface area contributed by atoms with Gasteiger partial charge in [-0.1, -0.05) is 12.1 Å². The molecule has 33 heavy (non-hydrogen) atoms. The third kappa shape index (κ3) is 6.34. The Balaban J connectivity index is 1.52. The summed E-state index contributed by atoms with van der Waals surface area (Å²) in [6.45, 7) is 7.51. The lowest BCUT2D eigenvalue weighted by atomic mass is 9.97. The average molecular weight is 458 g/mol. The van der Waals surface area contributed by atoms with Gasteiger partial charge < -0.3 is 24.2 Å². The van der Waals surface area contributed by atoms with Gasteiger partial charge in [0.15, 0.2) is 18.5 Å². The van der Waals surface area contributed by atoms with Gasteiger partial charge in [-0.15, -0.1) is 0 Å². The summed E-state index contributed by atoms with van der Waals surface area (Å²) in [7, 11) is 0. The van der Waals surface area contributed by atoms with E-state index >= 15 is 0 Å². The predicted molar refractivity (Wildman–Crippen MR) is 121 cm³/mol. The molecule has 1 fully saturated rings. The third-order valence-electron chi connectivity index (χ3n) is 5.73. The highest BCUT2D eigenvalue weighted by atomic mass is 16.5. The molecule has 1 aromatic carbocycles. The number of nitrogens with zero attached hydrogens (tertiary/aromatic N) is 2. The van der Waals surface area contributed by atoms with Gasteiger partial charge in [0.1, 0.15) is 11.5 Å². The van der Waals surface area contributed by atoms with E-state index in [2.05, 4.69) is 24.3 Å². The third-order valence-corrected chi connectivity index (χ3v) is 5.73. The van der Waals surface area contributed by atoms with Crippen molar-refractivity contribution in [1.82, 2.24) is 10.1 Å². The molecular formula is C24H31N3O6. The quantitative estimate of drug-likeness (QED) is 0.601.